The molecule has 3 amide bonds. The van der Waals surface area contributed by atoms with E-state index in [2.05, 4.69) is 16.0 Å². The van der Waals surface area contributed by atoms with Crippen LogP contribution in [0.1, 0.15) is 40.0 Å². The molecule has 0 aliphatic heterocycles. The van der Waals surface area contributed by atoms with Gasteiger partial charge in [-0.1, -0.05) is 20.3 Å². The Labute approximate surface area is 124 Å². The zero-order valence-corrected chi connectivity index (χ0v) is 12.9. The molecule has 7 heteroatoms. The lowest BCUT2D eigenvalue weighted by Crippen LogP contribution is -2.51. The second kappa shape index (κ2) is 7.28. The molecule has 0 aromatic heterocycles. The van der Waals surface area contributed by atoms with Crippen LogP contribution in [-0.2, 0) is 9.59 Å². The minimum absolute atomic E-state index is 0.116. The Balaban J connectivity index is 2.37. The summed E-state index contributed by atoms with van der Waals surface area (Å²) in [6, 6.07) is -0.914. The smallest absolute Gasteiger partial charge is 0.315 e. The maximum absolute atomic E-state index is 11.8. The van der Waals surface area contributed by atoms with Crippen molar-refractivity contribution >= 4 is 17.9 Å². The quantitative estimate of drug-likeness (QED) is 0.579. The lowest BCUT2D eigenvalue weighted by Gasteiger charge is -2.27. The molecule has 2 atom stereocenters. The monoisotopic (exact) mass is 299 g/mol. The van der Waals surface area contributed by atoms with E-state index in [4.69, 9.17) is 0 Å². The number of hydrogen-bond donors (Lipinski definition) is 4. The molecular formula is C14H25N3O4. The molecule has 1 fully saturated rings. The summed E-state index contributed by atoms with van der Waals surface area (Å²) in [5.41, 5.74) is -0.933. The fourth-order valence-corrected chi connectivity index (χ4v) is 2.40. The molecule has 0 heterocycles. The minimum Gasteiger partial charge on any atom is -0.481 e. The summed E-state index contributed by atoms with van der Waals surface area (Å²) in [4.78, 5) is 34.5. The fraction of sp³-hybridized carbons (Fsp3) is 0.786. The van der Waals surface area contributed by atoms with E-state index in [1.165, 1.54) is 0 Å². The standard InChI is InChI=1S/C14H25N3O4/c1-9(2)7-15-11(18)8-16-13(21)17-10-5-4-6-14(10,3)12(19)20/h9-10H,4-8H2,1-3H3,(H,15,18)(H,19,20)(H2,16,17,21). The van der Waals surface area contributed by atoms with E-state index in [1.54, 1.807) is 6.92 Å². The zero-order chi connectivity index (χ0) is 16.0. The fourth-order valence-electron chi connectivity index (χ4n) is 2.40. The number of amides is 3. The molecule has 120 valence electrons. The van der Waals surface area contributed by atoms with Crippen LogP contribution < -0.4 is 16.0 Å². The Bertz CT molecular complexity index is 411. The van der Waals surface area contributed by atoms with Crippen LogP contribution in [0, 0.1) is 11.3 Å². The summed E-state index contributed by atoms with van der Waals surface area (Å²) in [6.45, 7) is 6.04. The third-order valence-electron chi connectivity index (χ3n) is 3.87. The SMILES string of the molecule is CC(C)CNC(=O)CNC(=O)NC1CCCC1(C)C(=O)O. The molecule has 1 aliphatic rings. The van der Waals surface area contributed by atoms with Crippen molar-refractivity contribution in [2.45, 2.75) is 46.1 Å². The van der Waals surface area contributed by atoms with Crippen molar-refractivity contribution in [1.29, 1.82) is 0 Å². The molecule has 0 bridgehead atoms. The van der Waals surface area contributed by atoms with Gasteiger partial charge in [0, 0.05) is 12.6 Å². The van der Waals surface area contributed by atoms with Gasteiger partial charge in [-0.05, 0) is 25.7 Å². The summed E-state index contributed by atoms with van der Waals surface area (Å²) in [5, 5.41) is 17.1. The molecule has 1 aliphatic carbocycles. The Morgan fingerprint density at radius 2 is 1.95 bits per heavy atom. The van der Waals surface area contributed by atoms with Crippen molar-refractivity contribution in [2.75, 3.05) is 13.1 Å². The Morgan fingerprint density at radius 1 is 1.29 bits per heavy atom. The first-order chi connectivity index (χ1) is 9.75. The number of carbonyl (C=O) groups is 3. The van der Waals surface area contributed by atoms with Crippen LogP contribution in [0.3, 0.4) is 0 Å². The number of carboxylic acid groups (broad SMARTS) is 1. The van der Waals surface area contributed by atoms with Gasteiger partial charge in [-0.25, -0.2) is 4.79 Å². The van der Waals surface area contributed by atoms with Gasteiger partial charge in [0.1, 0.15) is 0 Å². The van der Waals surface area contributed by atoms with Gasteiger partial charge in [0.05, 0.1) is 12.0 Å². The van der Waals surface area contributed by atoms with Gasteiger partial charge in [0.25, 0.3) is 0 Å². The molecule has 0 spiro atoms. The number of urea groups is 1. The van der Waals surface area contributed by atoms with Crippen molar-refractivity contribution in [1.82, 2.24) is 16.0 Å². The number of carboxylic acids is 1. The molecule has 1 rings (SSSR count). The minimum atomic E-state index is -0.933. The second-order valence-electron chi connectivity index (χ2n) is 6.19. The Morgan fingerprint density at radius 3 is 2.52 bits per heavy atom. The molecule has 0 aromatic carbocycles. The molecule has 1 saturated carbocycles. The maximum Gasteiger partial charge on any atom is 0.315 e. The van der Waals surface area contributed by atoms with Gasteiger partial charge in [-0.15, -0.1) is 0 Å². The molecule has 21 heavy (non-hydrogen) atoms. The van der Waals surface area contributed by atoms with E-state index < -0.39 is 23.5 Å². The van der Waals surface area contributed by atoms with Crippen LogP contribution >= 0.6 is 0 Å². The van der Waals surface area contributed by atoms with E-state index in [1.807, 2.05) is 13.8 Å². The lowest BCUT2D eigenvalue weighted by atomic mass is 9.85. The van der Waals surface area contributed by atoms with Crippen LogP contribution in [0.15, 0.2) is 0 Å². The van der Waals surface area contributed by atoms with E-state index in [-0.39, 0.29) is 12.5 Å². The predicted octanol–water partition coefficient (Wildman–Crippen LogP) is 0.701. The predicted molar refractivity (Wildman–Crippen MR) is 77.8 cm³/mol. The number of rotatable bonds is 6. The summed E-state index contributed by atoms with van der Waals surface area (Å²) < 4.78 is 0. The van der Waals surface area contributed by atoms with Gasteiger partial charge in [-0.2, -0.15) is 0 Å². The average Bonchev–Trinajstić information content (AvgIpc) is 2.77. The van der Waals surface area contributed by atoms with Crippen LogP contribution in [0.4, 0.5) is 4.79 Å². The normalized spacial score (nSPS) is 24.7. The molecule has 0 aromatic rings. The van der Waals surface area contributed by atoms with Gasteiger partial charge < -0.3 is 21.1 Å². The first-order valence-corrected chi connectivity index (χ1v) is 7.30. The molecule has 0 saturated heterocycles. The molecule has 4 N–H and O–H groups in total. The highest BCUT2D eigenvalue weighted by atomic mass is 16.4. The Kier molecular flexibility index (Phi) is 5.99. The van der Waals surface area contributed by atoms with Crippen molar-refractivity contribution in [3.05, 3.63) is 0 Å². The van der Waals surface area contributed by atoms with E-state index in [9.17, 15) is 19.5 Å². The number of aliphatic carboxylic acids is 1. The summed E-state index contributed by atoms with van der Waals surface area (Å²) in [5.74, 6) is -0.816. The van der Waals surface area contributed by atoms with Crippen LogP contribution in [-0.4, -0.2) is 42.1 Å². The average molecular weight is 299 g/mol. The van der Waals surface area contributed by atoms with Gasteiger partial charge in [0.15, 0.2) is 0 Å². The van der Waals surface area contributed by atoms with Crippen LogP contribution in [0.2, 0.25) is 0 Å². The highest BCUT2D eigenvalue weighted by Gasteiger charge is 2.45. The first kappa shape index (κ1) is 17.3. The van der Waals surface area contributed by atoms with Crippen LogP contribution in [0.25, 0.3) is 0 Å². The van der Waals surface area contributed by atoms with Crippen molar-refractivity contribution < 1.29 is 19.5 Å². The lowest BCUT2D eigenvalue weighted by molar-refractivity contribution is -0.148. The molecular weight excluding hydrogens is 274 g/mol. The second-order valence-corrected chi connectivity index (χ2v) is 6.19. The summed E-state index contributed by atoms with van der Waals surface area (Å²) >= 11 is 0. The van der Waals surface area contributed by atoms with E-state index in [0.717, 1.165) is 6.42 Å². The number of carbonyl (C=O) groups excluding carboxylic acids is 2. The first-order valence-electron chi connectivity index (χ1n) is 7.30. The van der Waals surface area contributed by atoms with Crippen molar-refractivity contribution in [3.8, 4) is 0 Å². The number of nitrogens with one attached hydrogen (secondary N) is 3. The van der Waals surface area contributed by atoms with Crippen molar-refractivity contribution in [2.24, 2.45) is 11.3 Å². The Hall–Kier alpha value is -1.79. The highest BCUT2D eigenvalue weighted by Crippen LogP contribution is 2.38. The highest BCUT2D eigenvalue weighted by molar-refractivity contribution is 5.84. The van der Waals surface area contributed by atoms with E-state index in [0.29, 0.717) is 25.3 Å². The zero-order valence-electron chi connectivity index (χ0n) is 12.9. The van der Waals surface area contributed by atoms with Crippen LogP contribution in [0.5, 0.6) is 0 Å². The van der Waals surface area contributed by atoms with Gasteiger partial charge in [0.2, 0.25) is 5.91 Å². The summed E-state index contributed by atoms with van der Waals surface area (Å²) in [6.07, 6.45) is 1.94. The third kappa shape index (κ3) is 4.91. The number of hydrogen-bond acceptors (Lipinski definition) is 3. The largest absolute Gasteiger partial charge is 0.481 e. The summed E-state index contributed by atoms with van der Waals surface area (Å²) in [7, 11) is 0. The van der Waals surface area contributed by atoms with Gasteiger partial charge in [-0.3, -0.25) is 9.59 Å². The van der Waals surface area contributed by atoms with Gasteiger partial charge >= 0.3 is 12.0 Å². The van der Waals surface area contributed by atoms with Crippen molar-refractivity contribution in [3.63, 3.8) is 0 Å². The molecule has 0 radical (unpaired) electrons. The topological polar surface area (TPSA) is 108 Å². The maximum atomic E-state index is 11.8. The van der Waals surface area contributed by atoms with E-state index >= 15 is 0 Å². The third-order valence-corrected chi connectivity index (χ3v) is 3.87. The molecule has 7 nitrogen and oxygen atoms in total. The molecule has 2 unspecified atom stereocenters.